The highest BCUT2D eigenvalue weighted by Gasteiger charge is 2.26. The standard InChI is InChI=1S/C10H18N2O3/c1-3-8(9(13)14)11-10(15)12(2)6-7-4-5-7/h7-8H,3-6H2,1-2H3,(H,11,15)(H,13,14)/t8-/m0/s1. The zero-order chi connectivity index (χ0) is 11.4. The molecule has 1 atom stereocenters. The van der Waals surface area contributed by atoms with Crippen LogP contribution >= 0.6 is 0 Å². The van der Waals surface area contributed by atoms with Gasteiger partial charge >= 0.3 is 12.0 Å². The molecule has 0 saturated heterocycles. The van der Waals surface area contributed by atoms with Crippen molar-refractivity contribution in [2.75, 3.05) is 13.6 Å². The smallest absolute Gasteiger partial charge is 0.326 e. The van der Waals surface area contributed by atoms with Gasteiger partial charge in [0, 0.05) is 13.6 Å². The van der Waals surface area contributed by atoms with Gasteiger partial charge in [-0.15, -0.1) is 0 Å². The van der Waals surface area contributed by atoms with E-state index in [-0.39, 0.29) is 6.03 Å². The molecule has 1 rings (SSSR count). The maximum Gasteiger partial charge on any atom is 0.326 e. The lowest BCUT2D eigenvalue weighted by Crippen LogP contribution is -2.46. The largest absolute Gasteiger partial charge is 0.480 e. The van der Waals surface area contributed by atoms with Gasteiger partial charge in [0.25, 0.3) is 0 Å². The molecule has 2 amide bonds. The highest BCUT2D eigenvalue weighted by Crippen LogP contribution is 2.29. The van der Waals surface area contributed by atoms with Crippen molar-refractivity contribution >= 4 is 12.0 Å². The third-order valence-corrected chi connectivity index (χ3v) is 2.58. The van der Waals surface area contributed by atoms with Crippen LogP contribution in [0.3, 0.4) is 0 Å². The van der Waals surface area contributed by atoms with Crippen molar-refractivity contribution in [1.82, 2.24) is 10.2 Å². The number of hydrogen-bond donors (Lipinski definition) is 2. The summed E-state index contributed by atoms with van der Waals surface area (Å²) in [5, 5.41) is 11.3. The van der Waals surface area contributed by atoms with Gasteiger partial charge in [0.05, 0.1) is 0 Å². The van der Waals surface area contributed by atoms with Crippen LogP contribution in [0, 0.1) is 5.92 Å². The molecule has 0 aromatic carbocycles. The fourth-order valence-electron chi connectivity index (χ4n) is 1.37. The van der Waals surface area contributed by atoms with Gasteiger partial charge in [-0.25, -0.2) is 9.59 Å². The van der Waals surface area contributed by atoms with Crippen LogP contribution in [0.4, 0.5) is 4.79 Å². The Labute approximate surface area is 89.4 Å². The summed E-state index contributed by atoms with van der Waals surface area (Å²) >= 11 is 0. The summed E-state index contributed by atoms with van der Waals surface area (Å²) in [5.41, 5.74) is 0. The topological polar surface area (TPSA) is 69.6 Å². The van der Waals surface area contributed by atoms with Gasteiger partial charge in [0.2, 0.25) is 0 Å². The van der Waals surface area contributed by atoms with Crippen molar-refractivity contribution < 1.29 is 14.7 Å². The lowest BCUT2D eigenvalue weighted by Gasteiger charge is -2.20. The first-order valence-corrected chi connectivity index (χ1v) is 5.29. The molecule has 0 aliphatic heterocycles. The number of carbonyl (C=O) groups is 2. The van der Waals surface area contributed by atoms with Gasteiger partial charge in [-0.3, -0.25) is 0 Å². The van der Waals surface area contributed by atoms with Crippen LogP contribution in [0.1, 0.15) is 26.2 Å². The van der Waals surface area contributed by atoms with Gasteiger partial charge in [-0.1, -0.05) is 6.92 Å². The summed E-state index contributed by atoms with van der Waals surface area (Å²) in [7, 11) is 1.70. The number of rotatable bonds is 5. The Kier molecular flexibility index (Phi) is 3.94. The molecule has 0 aromatic heterocycles. The molecule has 0 heterocycles. The zero-order valence-corrected chi connectivity index (χ0v) is 9.19. The molecule has 2 N–H and O–H groups in total. The summed E-state index contributed by atoms with van der Waals surface area (Å²) in [6, 6.07) is -1.07. The van der Waals surface area contributed by atoms with E-state index in [2.05, 4.69) is 5.32 Å². The van der Waals surface area contributed by atoms with Crippen LogP contribution in [0.15, 0.2) is 0 Å². The third-order valence-electron chi connectivity index (χ3n) is 2.58. The molecule has 15 heavy (non-hydrogen) atoms. The molecule has 5 nitrogen and oxygen atoms in total. The number of carboxylic acids is 1. The van der Waals surface area contributed by atoms with Crippen molar-refractivity contribution in [3.63, 3.8) is 0 Å². The predicted octanol–water partition coefficient (Wildman–Crippen LogP) is 0.901. The minimum absolute atomic E-state index is 0.295. The Bertz CT molecular complexity index is 251. The maximum absolute atomic E-state index is 11.5. The molecule has 0 radical (unpaired) electrons. The highest BCUT2D eigenvalue weighted by atomic mass is 16.4. The molecule has 0 aromatic rings. The van der Waals surface area contributed by atoms with Crippen molar-refractivity contribution in [3.05, 3.63) is 0 Å². The second kappa shape index (κ2) is 5.00. The second-order valence-corrected chi connectivity index (χ2v) is 4.07. The Balaban J connectivity index is 2.34. The molecular weight excluding hydrogens is 196 g/mol. The Morgan fingerprint density at radius 1 is 1.53 bits per heavy atom. The Morgan fingerprint density at radius 3 is 2.53 bits per heavy atom. The number of carbonyl (C=O) groups excluding carboxylic acids is 1. The van der Waals surface area contributed by atoms with Gasteiger partial charge in [-0.2, -0.15) is 0 Å². The van der Waals surface area contributed by atoms with Crippen LogP contribution in [0.25, 0.3) is 0 Å². The first-order chi connectivity index (χ1) is 7.04. The summed E-state index contributed by atoms with van der Waals surface area (Å²) in [4.78, 5) is 23.8. The van der Waals surface area contributed by atoms with E-state index in [9.17, 15) is 9.59 Å². The first-order valence-electron chi connectivity index (χ1n) is 5.29. The van der Waals surface area contributed by atoms with Crippen LogP contribution < -0.4 is 5.32 Å². The van der Waals surface area contributed by atoms with Crippen molar-refractivity contribution in [3.8, 4) is 0 Å². The Hall–Kier alpha value is -1.26. The lowest BCUT2D eigenvalue weighted by atomic mass is 10.2. The second-order valence-electron chi connectivity index (χ2n) is 4.07. The van der Waals surface area contributed by atoms with E-state index in [0.717, 1.165) is 6.54 Å². The number of nitrogens with one attached hydrogen (secondary N) is 1. The van der Waals surface area contributed by atoms with Crippen LogP contribution in [-0.2, 0) is 4.79 Å². The van der Waals surface area contributed by atoms with Crippen molar-refractivity contribution in [1.29, 1.82) is 0 Å². The van der Waals surface area contributed by atoms with Gasteiger partial charge < -0.3 is 15.3 Å². The number of hydrogen-bond acceptors (Lipinski definition) is 2. The molecule has 86 valence electrons. The molecule has 0 bridgehead atoms. The van der Waals surface area contributed by atoms with Crippen LogP contribution in [0.2, 0.25) is 0 Å². The van der Waals surface area contributed by atoms with Gasteiger partial charge in [0.1, 0.15) is 6.04 Å². The summed E-state index contributed by atoms with van der Waals surface area (Å²) in [6.07, 6.45) is 2.75. The van der Waals surface area contributed by atoms with E-state index >= 15 is 0 Å². The molecule has 0 spiro atoms. The van der Waals surface area contributed by atoms with E-state index in [1.807, 2.05) is 0 Å². The van der Waals surface area contributed by atoms with Gasteiger partial charge in [0.15, 0.2) is 0 Å². The summed E-state index contributed by atoms with van der Waals surface area (Å²) in [5.74, 6) is -0.365. The van der Waals surface area contributed by atoms with Crippen LogP contribution in [0.5, 0.6) is 0 Å². The van der Waals surface area contributed by atoms with Crippen LogP contribution in [-0.4, -0.2) is 41.6 Å². The molecule has 1 aliphatic carbocycles. The number of amides is 2. The summed E-state index contributed by atoms with van der Waals surface area (Å²) in [6.45, 7) is 2.46. The zero-order valence-electron chi connectivity index (χ0n) is 9.19. The molecule has 1 aliphatic rings. The van der Waals surface area contributed by atoms with Gasteiger partial charge in [-0.05, 0) is 25.2 Å². The monoisotopic (exact) mass is 214 g/mol. The number of aliphatic carboxylic acids is 1. The van der Waals surface area contributed by atoms with E-state index < -0.39 is 12.0 Å². The van der Waals surface area contributed by atoms with E-state index in [0.29, 0.717) is 12.3 Å². The van der Waals surface area contributed by atoms with E-state index in [1.165, 1.54) is 12.8 Å². The number of nitrogens with zero attached hydrogens (tertiary/aromatic N) is 1. The maximum atomic E-state index is 11.5. The third kappa shape index (κ3) is 3.77. The molecule has 1 fully saturated rings. The minimum Gasteiger partial charge on any atom is -0.480 e. The molecule has 1 saturated carbocycles. The molecule has 0 unspecified atom stereocenters. The molecule has 5 heteroatoms. The fourth-order valence-corrected chi connectivity index (χ4v) is 1.37. The predicted molar refractivity (Wildman–Crippen MR) is 55.6 cm³/mol. The Morgan fingerprint density at radius 2 is 2.13 bits per heavy atom. The molecular formula is C10H18N2O3. The fraction of sp³-hybridized carbons (Fsp3) is 0.800. The quantitative estimate of drug-likeness (QED) is 0.714. The van der Waals surface area contributed by atoms with Crippen molar-refractivity contribution in [2.45, 2.75) is 32.2 Å². The number of carboxylic acid groups (broad SMARTS) is 1. The lowest BCUT2D eigenvalue weighted by molar-refractivity contribution is -0.139. The van der Waals surface area contributed by atoms with E-state index in [4.69, 9.17) is 5.11 Å². The summed E-state index contributed by atoms with van der Waals surface area (Å²) < 4.78 is 0. The van der Waals surface area contributed by atoms with Crippen molar-refractivity contribution in [2.24, 2.45) is 5.92 Å². The number of urea groups is 1. The SMILES string of the molecule is CC[C@H](NC(=O)N(C)CC1CC1)C(=O)O. The first kappa shape index (κ1) is 11.8. The average molecular weight is 214 g/mol. The normalized spacial score (nSPS) is 16.9. The van der Waals surface area contributed by atoms with E-state index in [1.54, 1.807) is 18.9 Å². The average Bonchev–Trinajstić information content (AvgIpc) is 2.96. The minimum atomic E-state index is -0.981. The highest BCUT2D eigenvalue weighted by molar-refractivity contribution is 5.82.